The fraction of sp³-hybridized carbons (Fsp3) is 0.857. The van der Waals surface area contributed by atoms with Crippen LogP contribution in [0.5, 0.6) is 0 Å². The fourth-order valence-electron chi connectivity index (χ4n) is 7.20. The highest BCUT2D eigenvalue weighted by atomic mass is 16.3. The smallest absolute Gasteiger partial charge is 0.156 e. The predicted octanol–water partition coefficient (Wildman–Crippen LogP) is 4.52. The van der Waals surface area contributed by atoms with Crippen molar-refractivity contribution in [2.24, 2.45) is 35.0 Å². The molecular weight excluding hydrogens is 284 g/mol. The molecule has 0 bridgehead atoms. The summed E-state index contributed by atoms with van der Waals surface area (Å²) in [5.41, 5.74) is 1.71. The average Bonchev–Trinajstić information content (AvgIpc) is 2.94. The molecule has 4 rings (SSSR count). The highest BCUT2D eigenvalue weighted by Gasteiger charge is 2.55. The van der Waals surface area contributed by atoms with E-state index in [0.29, 0.717) is 17.6 Å². The number of ketones is 1. The molecule has 128 valence electrons. The minimum atomic E-state index is -0.0343. The molecule has 0 unspecified atom stereocenters. The lowest BCUT2D eigenvalue weighted by Crippen LogP contribution is -2.49. The first-order valence-corrected chi connectivity index (χ1v) is 10.0. The number of rotatable bonds is 2. The van der Waals surface area contributed by atoms with Crippen molar-refractivity contribution >= 4 is 5.78 Å². The lowest BCUT2D eigenvalue weighted by atomic mass is 9.49. The number of carbonyl (C=O) groups excluding carboxylic acids is 1. The van der Waals surface area contributed by atoms with E-state index in [2.05, 4.69) is 13.8 Å². The number of fused-ring (bicyclic) bond motifs is 5. The zero-order valence-electron chi connectivity index (χ0n) is 14.8. The minimum absolute atomic E-state index is 0.0343. The van der Waals surface area contributed by atoms with Crippen molar-refractivity contribution in [3.8, 4) is 0 Å². The first kappa shape index (κ1) is 15.9. The minimum Gasteiger partial charge on any atom is -0.393 e. The summed E-state index contributed by atoms with van der Waals surface area (Å²) in [6, 6.07) is 0. The highest BCUT2D eigenvalue weighted by Crippen LogP contribution is 2.61. The Kier molecular flexibility index (Phi) is 3.95. The molecule has 0 aliphatic heterocycles. The van der Waals surface area contributed by atoms with Crippen LogP contribution in [0.15, 0.2) is 11.6 Å². The molecule has 0 aromatic heterocycles. The summed E-state index contributed by atoms with van der Waals surface area (Å²) in [5.74, 6) is 3.93. The van der Waals surface area contributed by atoms with Gasteiger partial charge in [0, 0.05) is 6.42 Å². The third-order valence-electron chi connectivity index (χ3n) is 8.31. The average molecular weight is 316 g/mol. The molecule has 0 heterocycles. The van der Waals surface area contributed by atoms with Crippen LogP contribution < -0.4 is 0 Å². The third kappa shape index (κ3) is 2.27. The van der Waals surface area contributed by atoms with Crippen LogP contribution in [0.3, 0.4) is 0 Å². The van der Waals surface area contributed by atoms with Crippen LogP contribution in [0.1, 0.15) is 71.6 Å². The Morgan fingerprint density at radius 1 is 1.00 bits per heavy atom. The van der Waals surface area contributed by atoms with Gasteiger partial charge in [0.1, 0.15) is 0 Å². The molecule has 0 aromatic carbocycles. The zero-order valence-corrected chi connectivity index (χ0v) is 14.8. The van der Waals surface area contributed by atoms with Crippen LogP contribution in [0.4, 0.5) is 0 Å². The molecule has 0 amide bonds. The van der Waals surface area contributed by atoms with Gasteiger partial charge in [0.15, 0.2) is 5.78 Å². The van der Waals surface area contributed by atoms with Gasteiger partial charge in [0.05, 0.1) is 6.10 Å². The molecule has 6 atom stereocenters. The van der Waals surface area contributed by atoms with Crippen molar-refractivity contribution in [2.75, 3.05) is 0 Å². The van der Waals surface area contributed by atoms with E-state index in [1.807, 2.05) is 6.08 Å². The molecule has 0 aromatic rings. The van der Waals surface area contributed by atoms with E-state index >= 15 is 0 Å². The van der Waals surface area contributed by atoms with Gasteiger partial charge in [-0.1, -0.05) is 19.4 Å². The molecule has 2 heteroatoms. The van der Waals surface area contributed by atoms with Crippen LogP contribution in [-0.2, 0) is 4.79 Å². The van der Waals surface area contributed by atoms with Crippen molar-refractivity contribution in [2.45, 2.75) is 77.7 Å². The number of allylic oxidation sites excluding steroid dienone is 1. The van der Waals surface area contributed by atoms with E-state index in [1.165, 1.54) is 31.3 Å². The van der Waals surface area contributed by atoms with E-state index in [0.717, 1.165) is 49.9 Å². The molecule has 0 saturated heterocycles. The molecule has 2 nitrogen and oxygen atoms in total. The maximum atomic E-state index is 12.3. The van der Waals surface area contributed by atoms with Crippen LogP contribution in [0, 0.1) is 35.0 Å². The second-order valence-electron chi connectivity index (χ2n) is 8.83. The molecule has 3 saturated carbocycles. The van der Waals surface area contributed by atoms with E-state index in [1.54, 1.807) is 0 Å². The number of hydrogen-bond acceptors (Lipinski definition) is 2. The van der Waals surface area contributed by atoms with Crippen molar-refractivity contribution < 1.29 is 9.90 Å². The Morgan fingerprint density at radius 3 is 2.39 bits per heavy atom. The van der Waals surface area contributed by atoms with Crippen molar-refractivity contribution in [3.63, 3.8) is 0 Å². The molecule has 4 aliphatic carbocycles. The first-order valence-electron chi connectivity index (χ1n) is 10.0. The molecule has 1 N–H and O–H groups in total. The van der Waals surface area contributed by atoms with E-state index < -0.39 is 0 Å². The second kappa shape index (κ2) is 5.72. The van der Waals surface area contributed by atoms with E-state index in [-0.39, 0.29) is 11.5 Å². The maximum absolute atomic E-state index is 12.3. The quantitative estimate of drug-likeness (QED) is 0.813. The maximum Gasteiger partial charge on any atom is 0.156 e. The topological polar surface area (TPSA) is 37.3 Å². The Bertz CT molecular complexity index is 516. The van der Waals surface area contributed by atoms with Crippen molar-refractivity contribution in [1.29, 1.82) is 0 Å². The normalized spacial score (nSPS) is 45.0. The van der Waals surface area contributed by atoms with Gasteiger partial charge in [-0.05, 0) is 92.4 Å². The van der Waals surface area contributed by atoms with Gasteiger partial charge in [0.25, 0.3) is 0 Å². The summed E-state index contributed by atoms with van der Waals surface area (Å²) >= 11 is 0. The summed E-state index contributed by atoms with van der Waals surface area (Å²) in [7, 11) is 0. The SMILES string of the molecule is CCC1(CC)CC(=O)C=C2CC[C@H]3[C@@H]4CC[C@H](O)[C@H]4CC[C@@H]3[C@H]21. The lowest BCUT2D eigenvalue weighted by molar-refractivity contribution is -0.121. The van der Waals surface area contributed by atoms with Crippen LogP contribution in [0.25, 0.3) is 0 Å². The van der Waals surface area contributed by atoms with Gasteiger partial charge in [0.2, 0.25) is 0 Å². The van der Waals surface area contributed by atoms with Crippen LogP contribution >= 0.6 is 0 Å². The van der Waals surface area contributed by atoms with Gasteiger partial charge < -0.3 is 5.11 Å². The van der Waals surface area contributed by atoms with Crippen molar-refractivity contribution in [3.05, 3.63) is 11.6 Å². The van der Waals surface area contributed by atoms with Crippen molar-refractivity contribution in [1.82, 2.24) is 0 Å². The molecule has 3 fully saturated rings. The molecule has 23 heavy (non-hydrogen) atoms. The first-order chi connectivity index (χ1) is 11.1. The van der Waals surface area contributed by atoms with E-state index in [4.69, 9.17) is 0 Å². The fourth-order valence-corrected chi connectivity index (χ4v) is 7.20. The Morgan fingerprint density at radius 2 is 1.65 bits per heavy atom. The van der Waals surface area contributed by atoms with Gasteiger partial charge in [-0.2, -0.15) is 0 Å². The standard InChI is InChI=1S/C21H32O2/c1-3-21(4-2)12-14(22)11-13-5-6-16-15-9-10-19(23)17(15)7-8-18(16)20(13)21/h11,15-20,23H,3-10,12H2,1-2H3/t15-,16-,17-,18-,19-,20-/m0/s1. The van der Waals surface area contributed by atoms with Crippen LogP contribution in [0.2, 0.25) is 0 Å². The molecule has 0 spiro atoms. The monoisotopic (exact) mass is 316 g/mol. The Hall–Kier alpha value is -0.630. The summed E-state index contributed by atoms with van der Waals surface area (Å²) < 4.78 is 0. The summed E-state index contributed by atoms with van der Waals surface area (Å²) in [6.07, 6.45) is 12.2. The summed E-state index contributed by atoms with van der Waals surface area (Å²) in [4.78, 5) is 12.3. The molecule has 0 radical (unpaired) electrons. The third-order valence-corrected chi connectivity index (χ3v) is 8.31. The van der Waals surface area contributed by atoms with Gasteiger partial charge in [-0.25, -0.2) is 0 Å². The predicted molar refractivity (Wildman–Crippen MR) is 91.9 cm³/mol. The Balaban J connectivity index is 1.69. The number of aliphatic hydroxyl groups excluding tert-OH is 1. The largest absolute Gasteiger partial charge is 0.393 e. The van der Waals surface area contributed by atoms with E-state index in [9.17, 15) is 9.90 Å². The summed E-state index contributed by atoms with van der Waals surface area (Å²) in [5, 5.41) is 10.3. The summed E-state index contributed by atoms with van der Waals surface area (Å²) in [6.45, 7) is 4.60. The molecular formula is C21H32O2. The second-order valence-corrected chi connectivity index (χ2v) is 8.83. The number of carbonyl (C=O) groups is 1. The Labute approximate surface area is 140 Å². The van der Waals surface area contributed by atoms with Gasteiger partial charge in [-0.3, -0.25) is 4.79 Å². The zero-order chi connectivity index (χ0) is 16.2. The molecule has 4 aliphatic rings. The van der Waals surface area contributed by atoms with Gasteiger partial charge >= 0.3 is 0 Å². The van der Waals surface area contributed by atoms with Gasteiger partial charge in [-0.15, -0.1) is 0 Å². The number of aliphatic hydroxyl groups is 1. The lowest BCUT2D eigenvalue weighted by Gasteiger charge is -2.56. The highest BCUT2D eigenvalue weighted by molar-refractivity contribution is 5.92. The van der Waals surface area contributed by atoms with Crippen LogP contribution in [-0.4, -0.2) is 17.0 Å². The number of hydrogen-bond donors (Lipinski definition) is 1.